The number of aromatic carboxylic acids is 1. The average molecular weight is 351 g/mol. The summed E-state index contributed by atoms with van der Waals surface area (Å²) in [6, 6.07) is 2.91. The number of halogens is 2. The number of carboxylic acids is 1. The third kappa shape index (κ3) is 2.50. The van der Waals surface area contributed by atoms with E-state index in [2.05, 4.69) is 28.6 Å². The molecule has 1 aromatic carbocycles. The number of carbonyl (C=O) groups is 2. The molecule has 18 heavy (non-hydrogen) atoms. The Kier molecular flexibility index (Phi) is 3.89. The third-order valence-electron chi connectivity index (χ3n) is 2.63. The summed E-state index contributed by atoms with van der Waals surface area (Å²) in [5.41, 5.74) is 0.346. The minimum absolute atomic E-state index is 0.00478. The molecule has 1 amide bonds. The first kappa shape index (κ1) is 13.7. The van der Waals surface area contributed by atoms with Crippen LogP contribution in [0.2, 0.25) is 5.02 Å². The summed E-state index contributed by atoms with van der Waals surface area (Å²) in [4.78, 5) is 24.5. The maximum atomic E-state index is 11.8. The van der Waals surface area contributed by atoms with E-state index >= 15 is 0 Å². The average Bonchev–Trinajstić information content (AvgIpc) is 2.56. The van der Waals surface area contributed by atoms with Gasteiger partial charge in [0.2, 0.25) is 5.91 Å². The molecule has 1 aliphatic rings. The lowest BCUT2D eigenvalue weighted by molar-refractivity contribution is -0.117. The molecule has 0 aliphatic carbocycles. The van der Waals surface area contributed by atoms with Crippen molar-refractivity contribution >= 4 is 57.7 Å². The summed E-state index contributed by atoms with van der Waals surface area (Å²) in [6.45, 7) is 0.391. The lowest BCUT2D eigenvalue weighted by Gasteiger charge is -2.20. The maximum Gasteiger partial charge on any atom is 0.337 e. The summed E-state index contributed by atoms with van der Waals surface area (Å²) in [6.07, 6.45) is 0.303. The second kappa shape index (κ2) is 5.11. The molecule has 0 spiro atoms. The van der Waals surface area contributed by atoms with Crippen LogP contribution in [0, 0.1) is 0 Å². The van der Waals surface area contributed by atoms with Crippen molar-refractivity contribution in [2.75, 3.05) is 11.4 Å². The van der Waals surface area contributed by atoms with Crippen molar-refractivity contribution in [1.29, 1.82) is 0 Å². The van der Waals surface area contributed by atoms with Gasteiger partial charge in [0.1, 0.15) is 0 Å². The van der Waals surface area contributed by atoms with Gasteiger partial charge in [-0.25, -0.2) is 4.79 Å². The Hall–Kier alpha value is -0.720. The van der Waals surface area contributed by atoms with Crippen molar-refractivity contribution in [1.82, 2.24) is 0 Å². The molecule has 0 aromatic heterocycles. The van der Waals surface area contributed by atoms with E-state index < -0.39 is 5.97 Å². The second-order valence-corrected chi connectivity index (χ2v) is 5.97. The zero-order valence-corrected chi connectivity index (χ0v) is 12.3. The zero-order valence-electron chi connectivity index (χ0n) is 9.06. The van der Waals surface area contributed by atoms with Crippen LogP contribution in [0.3, 0.4) is 0 Å². The van der Waals surface area contributed by atoms with Gasteiger partial charge in [-0.3, -0.25) is 4.79 Å². The summed E-state index contributed by atoms with van der Waals surface area (Å²) in [7, 11) is 0. The Morgan fingerprint density at radius 2 is 2.22 bits per heavy atom. The quantitative estimate of drug-likeness (QED) is 0.806. The standard InChI is InChI=1S/C11H9BrClNO3S/c12-8-2-5(13)1-7(11(16)17)10(8)14-4-6(18)3-9(14)15/h1-2,6,18H,3-4H2,(H,16,17). The third-order valence-corrected chi connectivity index (χ3v) is 3.80. The van der Waals surface area contributed by atoms with Gasteiger partial charge < -0.3 is 10.0 Å². The van der Waals surface area contributed by atoms with Crippen LogP contribution in [0.25, 0.3) is 0 Å². The summed E-state index contributed by atoms with van der Waals surface area (Å²) in [5.74, 6) is -1.26. The highest BCUT2D eigenvalue weighted by atomic mass is 79.9. The normalized spacial score (nSPS) is 19.4. The number of amides is 1. The summed E-state index contributed by atoms with van der Waals surface area (Å²) < 4.78 is 0.489. The number of benzene rings is 1. The first-order chi connectivity index (χ1) is 8.40. The van der Waals surface area contributed by atoms with Gasteiger partial charge >= 0.3 is 5.97 Å². The second-order valence-electron chi connectivity index (χ2n) is 3.95. The smallest absolute Gasteiger partial charge is 0.337 e. The highest BCUT2D eigenvalue weighted by molar-refractivity contribution is 9.10. The largest absolute Gasteiger partial charge is 0.478 e. The highest BCUT2D eigenvalue weighted by Gasteiger charge is 2.32. The molecule has 96 valence electrons. The Balaban J connectivity index is 2.56. The monoisotopic (exact) mass is 349 g/mol. The molecule has 4 nitrogen and oxygen atoms in total. The van der Waals surface area contributed by atoms with Crippen LogP contribution >= 0.6 is 40.2 Å². The number of anilines is 1. The number of carboxylic acid groups (broad SMARTS) is 1. The van der Waals surface area contributed by atoms with Crippen molar-refractivity contribution in [2.45, 2.75) is 11.7 Å². The number of nitrogens with zero attached hydrogens (tertiary/aromatic N) is 1. The highest BCUT2D eigenvalue weighted by Crippen LogP contribution is 2.36. The molecule has 1 N–H and O–H groups in total. The van der Waals surface area contributed by atoms with Crippen LogP contribution in [0.5, 0.6) is 0 Å². The predicted molar refractivity (Wildman–Crippen MR) is 75.9 cm³/mol. The fourth-order valence-corrected chi connectivity index (χ4v) is 3.25. The topological polar surface area (TPSA) is 57.6 Å². The van der Waals surface area contributed by atoms with E-state index in [1.165, 1.54) is 11.0 Å². The zero-order chi connectivity index (χ0) is 13.4. The lowest BCUT2D eigenvalue weighted by Crippen LogP contribution is -2.27. The Morgan fingerprint density at radius 1 is 1.56 bits per heavy atom. The summed E-state index contributed by atoms with van der Waals surface area (Å²) >= 11 is 13.3. The van der Waals surface area contributed by atoms with E-state index in [4.69, 9.17) is 11.6 Å². The van der Waals surface area contributed by atoms with E-state index in [9.17, 15) is 14.7 Å². The van der Waals surface area contributed by atoms with Gasteiger partial charge in [-0.2, -0.15) is 12.6 Å². The van der Waals surface area contributed by atoms with Gasteiger partial charge in [-0.1, -0.05) is 11.6 Å². The fourth-order valence-electron chi connectivity index (χ4n) is 1.91. The van der Waals surface area contributed by atoms with Gasteiger partial charge in [0.05, 0.1) is 11.3 Å². The van der Waals surface area contributed by atoms with Crippen molar-refractivity contribution in [2.24, 2.45) is 0 Å². The number of rotatable bonds is 2. The first-order valence-electron chi connectivity index (χ1n) is 5.11. The lowest BCUT2D eigenvalue weighted by atomic mass is 10.1. The molecule has 0 bridgehead atoms. The SMILES string of the molecule is O=C(O)c1cc(Cl)cc(Br)c1N1CC(S)CC1=O. The van der Waals surface area contributed by atoms with Gasteiger partial charge in [0.15, 0.2) is 0 Å². The van der Waals surface area contributed by atoms with Crippen molar-refractivity contribution in [3.63, 3.8) is 0 Å². The van der Waals surface area contributed by atoms with Gasteiger partial charge in [0, 0.05) is 27.7 Å². The van der Waals surface area contributed by atoms with Gasteiger partial charge in [-0.15, -0.1) is 0 Å². The molecule has 1 aliphatic heterocycles. The van der Waals surface area contributed by atoms with Crippen molar-refractivity contribution < 1.29 is 14.7 Å². The van der Waals surface area contributed by atoms with Crippen LogP contribution in [0.4, 0.5) is 5.69 Å². The molecule has 1 fully saturated rings. The molecule has 0 radical (unpaired) electrons. The molecular formula is C11H9BrClNO3S. The van der Waals surface area contributed by atoms with Gasteiger partial charge in [-0.05, 0) is 28.1 Å². The Bertz CT molecular complexity index is 537. The first-order valence-corrected chi connectivity index (χ1v) is 6.79. The molecule has 1 heterocycles. The van der Waals surface area contributed by atoms with Crippen LogP contribution in [-0.2, 0) is 4.79 Å². The molecule has 1 saturated heterocycles. The van der Waals surface area contributed by atoms with E-state index in [-0.39, 0.29) is 16.7 Å². The van der Waals surface area contributed by atoms with Crippen molar-refractivity contribution in [3.8, 4) is 0 Å². The number of hydrogen-bond donors (Lipinski definition) is 2. The molecule has 2 rings (SSSR count). The molecule has 1 atom stereocenters. The number of thiol groups is 1. The van der Waals surface area contributed by atoms with Crippen molar-refractivity contribution in [3.05, 3.63) is 27.2 Å². The molecular weight excluding hydrogens is 342 g/mol. The van der Waals surface area contributed by atoms with Crippen LogP contribution in [0.1, 0.15) is 16.8 Å². The minimum Gasteiger partial charge on any atom is -0.478 e. The summed E-state index contributed by atoms with van der Waals surface area (Å²) in [5, 5.41) is 9.41. The van der Waals surface area contributed by atoms with Crippen LogP contribution < -0.4 is 4.90 Å². The number of hydrogen-bond acceptors (Lipinski definition) is 3. The molecule has 0 saturated carbocycles. The predicted octanol–water partition coefficient (Wildman–Crippen LogP) is 2.84. The fraction of sp³-hybridized carbons (Fsp3) is 0.273. The van der Waals surface area contributed by atoms with Gasteiger partial charge in [0.25, 0.3) is 0 Å². The van der Waals surface area contributed by atoms with Crippen LogP contribution in [0.15, 0.2) is 16.6 Å². The molecule has 1 unspecified atom stereocenters. The van der Waals surface area contributed by atoms with E-state index in [1.54, 1.807) is 6.07 Å². The molecule has 7 heteroatoms. The van der Waals surface area contributed by atoms with E-state index in [0.717, 1.165) is 0 Å². The Morgan fingerprint density at radius 3 is 2.72 bits per heavy atom. The minimum atomic E-state index is -1.12. The van der Waals surface area contributed by atoms with E-state index in [1.807, 2.05) is 0 Å². The maximum absolute atomic E-state index is 11.8. The Labute approximate surface area is 122 Å². The molecule has 1 aromatic rings. The van der Waals surface area contributed by atoms with Crippen LogP contribution in [-0.4, -0.2) is 28.8 Å². The van der Waals surface area contributed by atoms with E-state index in [0.29, 0.717) is 28.1 Å². The number of carbonyl (C=O) groups excluding carboxylic acids is 1.